The molecular weight excluding hydrogens is 534 g/mol. The fraction of sp³-hybridized carbons (Fsp3) is 0.455. The second kappa shape index (κ2) is 14.0. The van der Waals surface area contributed by atoms with Crippen molar-refractivity contribution in [1.29, 1.82) is 0 Å². The number of ether oxygens (including phenoxy) is 2. The number of hydrogen-bond acceptors (Lipinski definition) is 6. The van der Waals surface area contributed by atoms with Gasteiger partial charge in [-0.05, 0) is 79.0 Å². The second-order valence-electron chi connectivity index (χ2n) is 12.3. The third-order valence-corrected chi connectivity index (χ3v) is 6.01. The van der Waals surface area contributed by atoms with Crippen LogP contribution in [0.15, 0.2) is 48.5 Å². The molecule has 2 N–H and O–H groups in total. The standard InChI is InChI=1S/C33H43N3O6/c1-11-36(29(38)23(4)34-31(40)42-33(8,9)10)27(25-19-21(2)17-18-22(25)3)28(37)35-26(30(39)41-32(5,6)7)20-24-15-13-12-14-16-24/h1,12-19,23,26-27H,20H2,2-10H3,(H,34,40)(H,35,37). The van der Waals surface area contributed by atoms with E-state index in [9.17, 15) is 19.2 Å². The Morgan fingerprint density at radius 2 is 1.50 bits per heavy atom. The summed E-state index contributed by atoms with van der Waals surface area (Å²) in [6, 6.07) is 13.5. The highest BCUT2D eigenvalue weighted by molar-refractivity contribution is 5.95. The average Bonchev–Trinajstić information content (AvgIpc) is 2.86. The van der Waals surface area contributed by atoms with Gasteiger partial charge in [0.15, 0.2) is 0 Å². The van der Waals surface area contributed by atoms with E-state index in [-0.39, 0.29) is 6.42 Å². The van der Waals surface area contributed by atoms with Crippen molar-refractivity contribution in [2.45, 2.75) is 98.1 Å². The topological polar surface area (TPSA) is 114 Å². The maximum atomic E-state index is 14.1. The lowest BCUT2D eigenvalue weighted by Crippen LogP contribution is -2.53. The van der Waals surface area contributed by atoms with Gasteiger partial charge in [0.05, 0.1) is 0 Å². The molecule has 3 unspecified atom stereocenters. The van der Waals surface area contributed by atoms with Gasteiger partial charge in [-0.15, -0.1) is 0 Å². The number of nitrogens with one attached hydrogen (secondary N) is 2. The van der Waals surface area contributed by atoms with E-state index in [0.717, 1.165) is 16.0 Å². The summed E-state index contributed by atoms with van der Waals surface area (Å²) < 4.78 is 10.9. The Bertz CT molecular complexity index is 1320. The predicted octanol–water partition coefficient (Wildman–Crippen LogP) is 4.75. The molecule has 0 aromatic heterocycles. The molecule has 0 aliphatic carbocycles. The zero-order chi connectivity index (χ0) is 31.8. The van der Waals surface area contributed by atoms with Gasteiger partial charge in [-0.1, -0.05) is 60.5 Å². The first-order valence-electron chi connectivity index (χ1n) is 13.8. The van der Waals surface area contributed by atoms with E-state index in [1.54, 1.807) is 54.5 Å². The highest BCUT2D eigenvalue weighted by Gasteiger charge is 2.37. The molecule has 2 aromatic carbocycles. The van der Waals surface area contributed by atoms with Gasteiger partial charge in [0.1, 0.15) is 29.3 Å². The molecule has 0 saturated carbocycles. The maximum Gasteiger partial charge on any atom is 0.408 e. The number of amides is 3. The molecule has 0 aliphatic heterocycles. The van der Waals surface area contributed by atoms with Crippen molar-refractivity contribution in [1.82, 2.24) is 15.5 Å². The zero-order valence-electron chi connectivity index (χ0n) is 26.0. The summed E-state index contributed by atoms with van der Waals surface area (Å²) in [7, 11) is 0. The summed E-state index contributed by atoms with van der Waals surface area (Å²) in [5.41, 5.74) is 1.24. The molecule has 0 heterocycles. The summed E-state index contributed by atoms with van der Waals surface area (Å²) in [5.74, 6) is -2.01. The molecule has 9 nitrogen and oxygen atoms in total. The average molecular weight is 578 g/mol. The first kappa shape index (κ1) is 33.9. The van der Waals surface area contributed by atoms with Gasteiger partial charge in [-0.2, -0.15) is 0 Å². The summed E-state index contributed by atoms with van der Waals surface area (Å²) in [6.45, 7) is 15.4. The minimum atomic E-state index is -1.31. The smallest absolute Gasteiger partial charge is 0.408 e. The van der Waals surface area contributed by atoms with Crippen LogP contribution in [0.4, 0.5) is 4.79 Å². The van der Waals surface area contributed by atoms with Crippen LogP contribution in [0.2, 0.25) is 0 Å². The summed E-state index contributed by atoms with van der Waals surface area (Å²) in [6.07, 6.45) is 5.19. The lowest BCUT2D eigenvalue weighted by atomic mass is 9.96. The number of hydrogen-bond donors (Lipinski definition) is 2. The molecule has 0 fully saturated rings. The highest BCUT2D eigenvalue weighted by atomic mass is 16.6. The minimum Gasteiger partial charge on any atom is -0.458 e. The molecule has 9 heteroatoms. The number of carbonyl (C=O) groups excluding carboxylic acids is 4. The van der Waals surface area contributed by atoms with Gasteiger partial charge in [-0.25, -0.2) is 9.59 Å². The number of carbonyl (C=O) groups is 4. The third-order valence-electron chi connectivity index (χ3n) is 6.01. The van der Waals surface area contributed by atoms with Gasteiger partial charge in [0, 0.05) is 12.5 Å². The summed E-state index contributed by atoms with van der Waals surface area (Å²) in [4.78, 5) is 54.3. The van der Waals surface area contributed by atoms with Crippen molar-refractivity contribution >= 4 is 23.9 Å². The molecule has 0 bridgehead atoms. The van der Waals surface area contributed by atoms with Crippen LogP contribution >= 0.6 is 0 Å². The molecule has 0 aliphatic rings. The molecule has 0 spiro atoms. The summed E-state index contributed by atoms with van der Waals surface area (Å²) >= 11 is 0. The van der Waals surface area contributed by atoms with Crippen LogP contribution in [0.5, 0.6) is 0 Å². The molecule has 0 saturated heterocycles. The molecule has 226 valence electrons. The Balaban J connectivity index is 2.51. The van der Waals surface area contributed by atoms with Gasteiger partial charge < -0.3 is 20.1 Å². The number of rotatable bonds is 9. The Hall–Kier alpha value is -4.32. The van der Waals surface area contributed by atoms with E-state index >= 15 is 0 Å². The molecular formula is C33H43N3O6. The van der Waals surface area contributed by atoms with Crippen molar-refractivity contribution in [3.05, 3.63) is 70.8 Å². The van der Waals surface area contributed by atoms with Crippen LogP contribution in [0.3, 0.4) is 0 Å². The number of aryl methyl sites for hydroxylation is 2. The lowest BCUT2D eigenvalue weighted by molar-refractivity contribution is -0.159. The van der Waals surface area contributed by atoms with Crippen LogP contribution < -0.4 is 10.6 Å². The maximum absolute atomic E-state index is 14.1. The SMILES string of the molecule is C#CN(C(=O)C(C)NC(=O)OC(C)(C)C)C(C(=O)NC(Cc1ccccc1)C(=O)OC(C)(C)C)c1cc(C)ccc1C. The second-order valence-corrected chi connectivity index (χ2v) is 12.3. The van der Waals surface area contributed by atoms with E-state index in [4.69, 9.17) is 15.9 Å². The number of terminal acetylenes is 1. The fourth-order valence-electron chi connectivity index (χ4n) is 4.14. The molecule has 3 atom stereocenters. The van der Waals surface area contributed by atoms with Gasteiger partial charge in [0.2, 0.25) is 5.91 Å². The summed E-state index contributed by atoms with van der Waals surface area (Å²) in [5, 5.41) is 5.28. The molecule has 0 radical (unpaired) electrons. The Kier molecular flexibility index (Phi) is 11.3. The van der Waals surface area contributed by atoms with Crippen LogP contribution in [-0.4, -0.2) is 52.1 Å². The highest BCUT2D eigenvalue weighted by Crippen LogP contribution is 2.27. The van der Waals surface area contributed by atoms with Crippen LogP contribution in [0.1, 0.15) is 76.8 Å². The third kappa shape index (κ3) is 10.3. The normalized spacial score (nSPS) is 13.5. The number of esters is 1. The van der Waals surface area contributed by atoms with Crippen molar-refractivity contribution in [2.75, 3.05) is 0 Å². The molecule has 2 rings (SSSR count). The van der Waals surface area contributed by atoms with Crippen molar-refractivity contribution in [2.24, 2.45) is 0 Å². The predicted molar refractivity (Wildman–Crippen MR) is 161 cm³/mol. The van der Waals surface area contributed by atoms with Gasteiger partial charge in [0.25, 0.3) is 5.91 Å². The molecule has 2 aromatic rings. The Labute approximate surface area is 249 Å². The Morgan fingerprint density at radius 1 is 0.905 bits per heavy atom. The minimum absolute atomic E-state index is 0.154. The van der Waals surface area contributed by atoms with E-state index in [2.05, 4.69) is 16.7 Å². The fourth-order valence-corrected chi connectivity index (χ4v) is 4.14. The van der Waals surface area contributed by atoms with E-state index in [1.807, 2.05) is 49.4 Å². The van der Waals surface area contributed by atoms with Gasteiger partial charge in [-0.3, -0.25) is 14.5 Å². The van der Waals surface area contributed by atoms with Crippen LogP contribution in [-0.2, 0) is 30.3 Å². The lowest BCUT2D eigenvalue weighted by Gasteiger charge is -2.31. The van der Waals surface area contributed by atoms with E-state index in [1.165, 1.54) is 6.92 Å². The largest absolute Gasteiger partial charge is 0.458 e. The zero-order valence-corrected chi connectivity index (χ0v) is 26.0. The first-order chi connectivity index (χ1) is 19.4. The molecule has 42 heavy (non-hydrogen) atoms. The molecule has 3 amide bonds. The number of alkyl carbamates (subject to hydrolysis) is 1. The van der Waals surface area contributed by atoms with Gasteiger partial charge >= 0.3 is 12.1 Å². The Morgan fingerprint density at radius 3 is 2.05 bits per heavy atom. The van der Waals surface area contributed by atoms with Crippen molar-refractivity contribution in [3.8, 4) is 12.5 Å². The van der Waals surface area contributed by atoms with E-state index in [0.29, 0.717) is 11.1 Å². The van der Waals surface area contributed by atoms with Crippen LogP contribution in [0, 0.1) is 26.3 Å². The quantitative estimate of drug-likeness (QED) is 0.253. The first-order valence-corrected chi connectivity index (χ1v) is 13.8. The van der Waals surface area contributed by atoms with Crippen molar-refractivity contribution < 1.29 is 28.7 Å². The van der Waals surface area contributed by atoms with Crippen LogP contribution in [0.25, 0.3) is 0 Å². The monoisotopic (exact) mass is 577 g/mol. The number of benzene rings is 2. The number of nitrogens with zero attached hydrogens (tertiary/aromatic N) is 1. The van der Waals surface area contributed by atoms with Crippen molar-refractivity contribution in [3.63, 3.8) is 0 Å². The van der Waals surface area contributed by atoms with E-state index < -0.39 is 53.2 Å².